The lowest BCUT2D eigenvalue weighted by atomic mass is 9.85. The van der Waals surface area contributed by atoms with E-state index in [1.807, 2.05) is 13.0 Å². The van der Waals surface area contributed by atoms with Gasteiger partial charge in [0.25, 0.3) is 0 Å². The summed E-state index contributed by atoms with van der Waals surface area (Å²) < 4.78 is 24.7. The normalized spacial score (nSPS) is 18.7. The molecule has 2 N–H and O–H groups in total. The Kier molecular flexibility index (Phi) is 10.5. The van der Waals surface area contributed by atoms with E-state index in [2.05, 4.69) is 31.4 Å². The van der Waals surface area contributed by atoms with Crippen molar-refractivity contribution in [3.8, 4) is 0 Å². The molecule has 2 unspecified atom stereocenters. The van der Waals surface area contributed by atoms with Crippen LogP contribution in [0.15, 0.2) is 29.3 Å². The van der Waals surface area contributed by atoms with Crippen LogP contribution < -0.4 is 10.6 Å². The molecule has 0 bridgehead atoms. The first-order valence-corrected chi connectivity index (χ1v) is 9.41. The van der Waals surface area contributed by atoms with Crippen LogP contribution in [0, 0.1) is 5.82 Å². The molecular formula is C20H33FIN3O2. The van der Waals surface area contributed by atoms with Crippen molar-refractivity contribution in [2.45, 2.75) is 51.7 Å². The number of benzene rings is 1. The van der Waals surface area contributed by atoms with Crippen molar-refractivity contribution in [1.29, 1.82) is 0 Å². The van der Waals surface area contributed by atoms with Crippen molar-refractivity contribution >= 4 is 29.9 Å². The summed E-state index contributed by atoms with van der Waals surface area (Å²) in [4.78, 5) is 4.70. The van der Waals surface area contributed by atoms with E-state index < -0.39 is 0 Å². The summed E-state index contributed by atoms with van der Waals surface area (Å²) in [6.45, 7) is 11.6. The fourth-order valence-corrected chi connectivity index (χ4v) is 2.80. The van der Waals surface area contributed by atoms with Crippen LogP contribution in [0.5, 0.6) is 0 Å². The fraction of sp³-hybridized carbons (Fsp3) is 0.650. The van der Waals surface area contributed by atoms with Crippen LogP contribution >= 0.6 is 24.0 Å². The molecule has 1 aromatic carbocycles. The highest BCUT2D eigenvalue weighted by atomic mass is 127. The molecule has 0 saturated carbocycles. The number of halogens is 2. The van der Waals surface area contributed by atoms with E-state index in [-0.39, 0.29) is 47.4 Å². The molecule has 1 aliphatic rings. The van der Waals surface area contributed by atoms with Crippen molar-refractivity contribution in [1.82, 2.24) is 10.6 Å². The molecule has 27 heavy (non-hydrogen) atoms. The van der Waals surface area contributed by atoms with Gasteiger partial charge in [-0.05, 0) is 38.0 Å². The summed E-state index contributed by atoms with van der Waals surface area (Å²) in [6, 6.07) is 6.86. The van der Waals surface area contributed by atoms with E-state index in [9.17, 15) is 4.39 Å². The number of hydrogen-bond acceptors (Lipinski definition) is 3. The van der Waals surface area contributed by atoms with Gasteiger partial charge in [0.2, 0.25) is 0 Å². The summed E-state index contributed by atoms with van der Waals surface area (Å²) in [6.07, 6.45) is 1.16. The lowest BCUT2D eigenvalue weighted by Crippen LogP contribution is -2.45. The highest BCUT2D eigenvalue weighted by Gasteiger charge is 2.21. The van der Waals surface area contributed by atoms with Crippen LogP contribution in [-0.2, 0) is 14.9 Å². The van der Waals surface area contributed by atoms with Gasteiger partial charge in [-0.3, -0.25) is 4.99 Å². The minimum Gasteiger partial charge on any atom is -0.379 e. The van der Waals surface area contributed by atoms with Crippen LogP contribution in [-0.4, -0.2) is 51.0 Å². The molecule has 2 rings (SSSR count). The largest absolute Gasteiger partial charge is 0.379 e. The molecule has 5 nitrogen and oxygen atoms in total. The zero-order chi connectivity index (χ0) is 19.0. The third-order valence-electron chi connectivity index (χ3n) is 4.44. The maximum absolute atomic E-state index is 13.5. The molecule has 7 heteroatoms. The van der Waals surface area contributed by atoms with E-state index in [1.165, 1.54) is 6.07 Å². The molecule has 0 aromatic heterocycles. The number of nitrogens with one attached hydrogen (secondary N) is 2. The van der Waals surface area contributed by atoms with Crippen LogP contribution in [0.25, 0.3) is 0 Å². The van der Waals surface area contributed by atoms with Crippen LogP contribution in [0.3, 0.4) is 0 Å². The molecule has 1 aliphatic heterocycles. The SMILES string of the molecule is CCNC(=NCC(C)(C)c1cccc(F)c1)NC(C)COC1CCOC1.I. The molecule has 1 heterocycles. The van der Waals surface area contributed by atoms with E-state index in [0.29, 0.717) is 19.8 Å². The first kappa shape index (κ1) is 24.1. The second-order valence-corrected chi connectivity index (χ2v) is 7.45. The van der Waals surface area contributed by atoms with Crippen molar-refractivity contribution in [3.63, 3.8) is 0 Å². The summed E-state index contributed by atoms with van der Waals surface area (Å²) in [5.41, 5.74) is 0.681. The lowest BCUT2D eigenvalue weighted by Gasteiger charge is -2.25. The fourth-order valence-electron chi connectivity index (χ4n) is 2.80. The Labute approximate surface area is 179 Å². The average Bonchev–Trinajstić information content (AvgIpc) is 3.12. The van der Waals surface area contributed by atoms with E-state index in [1.54, 1.807) is 12.1 Å². The van der Waals surface area contributed by atoms with Gasteiger partial charge in [0.15, 0.2) is 5.96 Å². The molecule has 0 spiro atoms. The first-order chi connectivity index (χ1) is 12.4. The zero-order valence-electron chi connectivity index (χ0n) is 16.8. The smallest absolute Gasteiger partial charge is 0.191 e. The minimum atomic E-state index is -0.259. The Balaban J connectivity index is 0.00000364. The van der Waals surface area contributed by atoms with E-state index in [4.69, 9.17) is 14.5 Å². The van der Waals surface area contributed by atoms with Gasteiger partial charge >= 0.3 is 0 Å². The molecular weight excluding hydrogens is 460 g/mol. The first-order valence-electron chi connectivity index (χ1n) is 9.41. The summed E-state index contributed by atoms with van der Waals surface area (Å²) in [5, 5.41) is 6.64. The number of nitrogens with zero attached hydrogens (tertiary/aromatic N) is 1. The summed E-state index contributed by atoms with van der Waals surface area (Å²) >= 11 is 0. The number of rotatable bonds is 8. The van der Waals surface area contributed by atoms with E-state index in [0.717, 1.165) is 31.1 Å². The third-order valence-corrected chi connectivity index (χ3v) is 4.44. The van der Waals surface area contributed by atoms with Crippen LogP contribution in [0.1, 0.15) is 39.7 Å². The van der Waals surface area contributed by atoms with Crippen LogP contribution in [0.4, 0.5) is 4.39 Å². The standard InChI is InChI=1S/C20H32FN3O2.HI/c1-5-22-19(24-15(2)12-26-18-9-10-25-13-18)23-14-20(3,4)16-7-6-8-17(21)11-16;/h6-8,11,15,18H,5,9-10,12-14H2,1-4H3,(H2,22,23,24);1H. The minimum absolute atomic E-state index is 0. The maximum Gasteiger partial charge on any atom is 0.191 e. The molecule has 0 radical (unpaired) electrons. The Hall–Kier alpha value is -0.930. The van der Waals surface area contributed by atoms with E-state index >= 15 is 0 Å². The average molecular weight is 493 g/mol. The van der Waals surface area contributed by atoms with Crippen molar-refractivity contribution in [2.75, 3.05) is 32.9 Å². The van der Waals surface area contributed by atoms with Gasteiger partial charge in [-0.15, -0.1) is 24.0 Å². The zero-order valence-corrected chi connectivity index (χ0v) is 19.1. The molecule has 1 saturated heterocycles. The highest BCUT2D eigenvalue weighted by molar-refractivity contribution is 14.0. The number of aliphatic imine (C=N–C) groups is 1. The van der Waals surface area contributed by atoms with Crippen molar-refractivity contribution in [3.05, 3.63) is 35.6 Å². The quantitative estimate of drug-likeness (QED) is 0.331. The maximum atomic E-state index is 13.5. The second kappa shape index (κ2) is 11.8. The van der Waals surface area contributed by atoms with Gasteiger partial charge in [-0.25, -0.2) is 4.39 Å². The molecule has 154 valence electrons. The summed E-state index contributed by atoms with van der Waals surface area (Å²) in [5.74, 6) is 0.530. The third kappa shape index (κ3) is 8.31. The van der Waals surface area contributed by atoms with Gasteiger partial charge in [-0.1, -0.05) is 26.0 Å². The number of hydrogen-bond donors (Lipinski definition) is 2. The van der Waals surface area contributed by atoms with Gasteiger partial charge < -0.3 is 20.1 Å². The van der Waals surface area contributed by atoms with Crippen LogP contribution in [0.2, 0.25) is 0 Å². The lowest BCUT2D eigenvalue weighted by molar-refractivity contribution is 0.0347. The topological polar surface area (TPSA) is 54.9 Å². The molecule has 0 amide bonds. The number of ether oxygens (including phenoxy) is 2. The molecule has 0 aliphatic carbocycles. The Bertz CT molecular complexity index is 592. The molecule has 1 fully saturated rings. The number of guanidine groups is 1. The second-order valence-electron chi connectivity index (χ2n) is 7.45. The predicted octanol–water partition coefficient (Wildman–Crippen LogP) is 3.47. The summed E-state index contributed by atoms with van der Waals surface area (Å²) in [7, 11) is 0. The van der Waals surface area contributed by atoms with Crippen molar-refractivity contribution < 1.29 is 13.9 Å². The Morgan fingerprint density at radius 1 is 1.44 bits per heavy atom. The van der Waals surface area contributed by atoms with Gasteiger partial charge in [0, 0.05) is 24.6 Å². The molecule has 2 atom stereocenters. The van der Waals surface area contributed by atoms with Gasteiger partial charge in [0.05, 0.1) is 25.9 Å². The van der Waals surface area contributed by atoms with Gasteiger partial charge in [-0.2, -0.15) is 0 Å². The van der Waals surface area contributed by atoms with Crippen molar-refractivity contribution in [2.24, 2.45) is 4.99 Å². The highest BCUT2D eigenvalue weighted by Crippen LogP contribution is 2.24. The van der Waals surface area contributed by atoms with Gasteiger partial charge in [0.1, 0.15) is 5.82 Å². The molecule has 1 aromatic rings. The Morgan fingerprint density at radius 2 is 2.22 bits per heavy atom. The Morgan fingerprint density at radius 3 is 2.85 bits per heavy atom. The monoisotopic (exact) mass is 493 g/mol. The predicted molar refractivity (Wildman–Crippen MR) is 119 cm³/mol.